The van der Waals surface area contributed by atoms with Crippen molar-refractivity contribution >= 4 is 17.5 Å². The van der Waals surface area contributed by atoms with Crippen molar-refractivity contribution in [1.29, 1.82) is 0 Å². The lowest BCUT2D eigenvalue weighted by Gasteiger charge is -2.09. The summed E-state index contributed by atoms with van der Waals surface area (Å²) < 4.78 is 16.4. The van der Waals surface area contributed by atoms with Gasteiger partial charge in [0.25, 0.3) is 11.9 Å². The van der Waals surface area contributed by atoms with Crippen molar-refractivity contribution in [1.82, 2.24) is 5.32 Å². The number of rotatable bonds is 5. The Hall–Kier alpha value is -1.98. The summed E-state index contributed by atoms with van der Waals surface area (Å²) in [5.41, 5.74) is 0. The molecule has 2 aromatic rings. The Labute approximate surface area is 133 Å². The maximum atomic E-state index is 12.0. The van der Waals surface area contributed by atoms with Crippen molar-refractivity contribution < 1.29 is 18.7 Å². The zero-order valence-electron chi connectivity index (χ0n) is 11.9. The highest BCUT2D eigenvalue weighted by Crippen LogP contribution is 2.29. The summed E-state index contributed by atoms with van der Waals surface area (Å²) >= 11 is 6.01. The monoisotopic (exact) mass is 321 g/mol. The van der Waals surface area contributed by atoms with Crippen LogP contribution in [-0.4, -0.2) is 25.2 Å². The van der Waals surface area contributed by atoms with Crippen LogP contribution in [0.2, 0.25) is 5.02 Å². The molecule has 1 N–H and O–H groups in total. The number of carbonyl (C=O) groups excluding carboxylic acids is 1. The highest BCUT2D eigenvalue weighted by atomic mass is 35.5. The highest BCUT2D eigenvalue weighted by Gasteiger charge is 2.18. The number of amides is 1. The van der Waals surface area contributed by atoms with Gasteiger partial charge in [-0.15, -0.1) is 0 Å². The third-order valence-corrected chi connectivity index (χ3v) is 3.68. The van der Waals surface area contributed by atoms with E-state index in [9.17, 15) is 4.79 Å². The molecule has 2 heterocycles. The molecule has 22 heavy (non-hydrogen) atoms. The first-order valence-electron chi connectivity index (χ1n) is 7.14. The van der Waals surface area contributed by atoms with E-state index in [4.69, 9.17) is 25.5 Å². The van der Waals surface area contributed by atoms with Gasteiger partial charge in [0.05, 0.1) is 11.1 Å². The van der Waals surface area contributed by atoms with Gasteiger partial charge in [0, 0.05) is 19.2 Å². The third-order valence-electron chi connectivity index (χ3n) is 3.37. The standard InChI is InChI=1S/C16H16ClNO4/c17-12-5-1-2-6-13(12)21-15-8-7-14(22-15)16(19)18-10-11-4-3-9-20-11/h1-2,5-8,11H,3-4,9-10H2,(H,18,19). The number of para-hydroxylation sites is 1. The lowest BCUT2D eigenvalue weighted by Crippen LogP contribution is -2.31. The lowest BCUT2D eigenvalue weighted by molar-refractivity contribution is 0.0831. The maximum absolute atomic E-state index is 12.0. The van der Waals surface area contributed by atoms with Crippen LogP contribution in [0.25, 0.3) is 0 Å². The second-order valence-corrected chi connectivity index (χ2v) is 5.40. The van der Waals surface area contributed by atoms with Gasteiger partial charge in [-0.25, -0.2) is 0 Å². The van der Waals surface area contributed by atoms with Gasteiger partial charge in [-0.1, -0.05) is 23.7 Å². The zero-order chi connectivity index (χ0) is 15.4. The minimum Gasteiger partial charge on any atom is -0.424 e. The SMILES string of the molecule is O=C(NCC1CCCO1)c1ccc(Oc2ccccc2Cl)o1. The molecule has 1 unspecified atom stereocenters. The number of ether oxygens (including phenoxy) is 2. The Morgan fingerprint density at radius 1 is 1.32 bits per heavy atom. The third kappa shape index (κ3) is 3.61. The second-order valence-electron chi connectivity index (χ2n) is 5.00. The van der Waals surface area contributed by atoms with Gasteiger partial charge in [0.15, 0.2) is 5.76 Å². The number of carbonyl (C=O) groups is 1. The molecule has 116 valence electrons. The normalized spacial score (nSPS) is 17.4. The van der Waals surface area contributed by atoms with E-state index in [0.717, 1.165) is 19.4 Å². The quantitative estimate of drug-likeness (QED) is 0.913. The molecule has 3 rings (SSSR count). The summed E-state index contributed by atoms with van der Waals surface area (Å²) in [4.78, 5) is 12.0. The Morgan fingerprint density at radius 2 is 2.18 bits per heavy atom. The summed E-state index contributed by atoms with van der Waals surface area (Å²) in [5, 5.41) is 3.27. The Kier molecular flexibility index (Phi) is 4.65. The molecule has 1 aromatic heterocycles. The number of benzene rings is 1. The van der Waals surface area contributed by atoms with Gasteiger partial charge in [0.1, 0.15) is 5.75 Å². The molecule has 0 spiro atoms. The molecule has 0 saturated carbocycles. The first kappa shape index (κ1) is 14.9. The van der Waals surface area contributed by atoms with Crippen LogP contribution < -0.4 is 10.1 Å². The van der Waals surface area contributed by atoms with Crippen LogP contribution in [0.15, 0.2) is 40.8 Å². The Morgan fingerprint density at radius 3 is 2.95 bits per heavy atom. The largest absolute Gasteiger partial charge is 0.424 e. The van der Waals surface area contributed by atoms with Crippen LogP contribution >= 0.6 is 11.6 Å². The molecular weight excluding hydrogens is 306 g/mol. The van der Waals surface area contributed by atoms with E-state index in [1.165, 1.54) is 0 Å². The summed E-state index contributed by atoms with van der Waals surface area (Å²) in [6.45, 7) is 1.25. The van der Waals surface area contributed by atoms with Gasteiger partial charge in [-0.2, -0.15) is 0 Å². The van der Waals surface area contributed by atoms with E-state index in [1.807, 2.05) is 0 Å². The molecule has 1 atom stereocenters. The van der Waals surface area contributed by atoms with Crippen molar-refractivity contribution in [2.24, 2.45) is 0 Å². The minimum atomic E-state index is -0.287. The van der Waals surface area contributed by atoms with Crippen LogP contribution in [0.5, 0.6) is 11.7 Å². The van der Waals surface area contributed by atoms with Gasteiger partial charge in [-0.3, -0.25) is 4.79 Å². The molecule has 1 aromatic carbocycles. The molecule has 0 bridgehead atoms. The van der Waals surface area contributed by atoms with Crippen molar-refractivity contribution in [3.05, 3.63) is 47.2 Å². The van der Waals surface area contributed by atoms with E-state index >= 15 is 0 Å². The molecule has 1 aliphatic rings. The minimum absolute atomic E-state index is 0.0951. The number of hydrogen-bond acceptors (Lipinski definition) is 4. The van der Waals surface area contributed by atoms with Crippen molar-refractivity contribution in [3.8, 4) is 11.7 Å². The topological polar surface area (TPSA) is 60.7 Å². The summed E-state index contributed by atoms with van der Waals surface area (Å²) in [5.74, 6) is 0.602. The van der Waals surface area contributed by atoms with Crippen LogP contribution in [0.4, 0.5) is 0 Å². The fourth-order valence-electron chi connectivity index (χ4n) is 2.23. The van der Waals surface area contributed by atoms with E-state index in [0.29, 0.717) is 17.3 Å². The second kappa shape index (κ2) is 6.85. The van der Waals surface area contributed by atoms with Gasteiger partial charge < -0.3 is 19.2 Å². The summed E-state index contributed by atoms with van der Waals surface area (Å²) in [7, 11) is 0. The van der Waals surface area contributed by atoms with E-state index < -0.39 is 0 Å². The molecule has 0 radical (unpaired) electrons. The summed E-state index contributed by atoms with van der Waals surface area (Å²) in [6, 6.07) is 10.2. The lowest BCUT2D eigenvalue weighted by atomic mass is 10.2. The van der Waals surface area contributed by atoms with Crippen LogP contribution in [0.1, 0.15) is 23.4 Å². The predicted molar refractivity (Wildman–Crippen MR) is 81.5 cm³/mol. The first-order valence-corrected chi connectivity index (χ1v) is 7.52. The molecule has 1 fully saturated rings. The van der Waals surface area contributed by atoms with Crippen molar-refractivity contribution in [3.63, 3.8) is 0 Å². The zero-order valence-corrected chi connectivity index (χ0v) is 12.6. The smallest absolute Gasteiger partial charge is 0.290 e. The van der Waals surface area contributed by atoms with Gasteiger partial charge in [0.2, 0.25) is 0 Å². The number of furan rings is 1. The average Bonchev–Trinajstić information content (AvgIpc) is 3.19. The van der Waals surface area contributed by atoms with Crippen molar-refractivity contribution in [2.45, 2.75) is 18.9 Å². The first-order chi connectivity index (χ1) is 10.7. The molecule has 1 aliphatic heterocycles. The van der Waals surface area contributed by atoms with E-state index in [-0.39, 0.29) is 23.7 Å². The molecule has 1 saturated heterocycles. The number of halogens is 1. The maximum Gasteiger partial charge on any atom is 0.290 e. The number of nitrogens with one attached hydrogen (secondary N) is 1. The molecule has 0 aliphatic carbocycles. The molecular formula is C16H16ClNO4. The fraction of sp³-hybridized carbons (Fsp3) is 0.312. The van der Waals surface area contributed by atoms with Crippen LogP contribution in [-0.2, 0) is 4.74 Å². The molecule has 6 heteroatoms. The van der Waals surface area contributed by atoms with Gasteiger partial charge in [-0.05, 0) is 31.0 Å². The highest BCUT2D eigenvalue weighted by molar-refractivity contribution is 6.32. The van der Waals surface area contributed by atoms with Crippen LogP contribution in [0.3, 0.4) is 0 Å². The predicted octanol–water partition coefficient (Wildman–Crippen LogP) is 3.63. The van der Waals surface area contributed by atoms with E-state index in [1.54, 1.807) is 36.4 Å². The summed E-state index contributed by atoms with van der Waals surface area (Å²) in [6.07, 6.45) is 2.11. The van der Waals surface area contributed by atoms with Gasteiger partial charge >= 0.3 is 0 Å². The Bertz CT molecular complexity index is 649. The van der Waals surface area contributed by atoms with E-state index in [2.05, 4.69) is 5.32 Å². The average molecular weight is 322 g/mol. The Balaban J connectivity index is 1.58. The van der Waals surface area contributed by atoms with Crippen LogP contribution in [0, 0.1) is 0 Å². The fourth-order valence-corrected chi connectivity index (χ4v) is 2.41. The van der Waals surface area contributed by atoms with Crippen molar-refractivity contribution in [2.75, 3.05) is 13.2 Å². The molecule has 5 nitrogen and oxygen atoms in total. The molecule has 1 amide bonds. The number of hydrogen-bond donors (Lipinski definition) is 1.